The molecule has 1 aromatic heterocycles. The van der Waals surface area contributed by atoms with Crippen molar-refractivity contribution in [3.05, 3.63) is 63.4 Å². The molecular weight excluding hydrogens is 284 g/mol. The Labute approximate surface area is 130 Å². The Hall–Kier alpha value is -1.87. The second-order valence-corrected chi connectivity index (χ2v) is 5.77. The summed E-state index contributed by atoms with van der Waals surface area (Å²) in [5, 5.41) is 3.40. The van der Waals surface area contributed by atoms with Crippen LogP contribution in [0.15, 0.2) is 30.5 Å². The topological polar surface area (TPSA) is 42.0 Å². The third-order valence-electron chi connectivity index (χ3n) is 3.48. The first kappa shape index (κ1) is 15.5. The van der Waals surface area contributed by atoms with Crippen molar-refractivity contribution in [1.82, 2.24) is 10.3 Å². The van der Waals surface area contributed by atoms with E-state index in [0.717, 1.165) is 16.8 Å². The van der Waals surface area contributed by atoms with Crippen molar-refractivity contribution in [3.8, 4) is 0 Å². The third-order valence-corrected chi connectivity index (χ3v) is 3.80. The average molecular weight is 303 g/mol. The van der Waals surface area contributed by atoms with E-state index in [1.54, 1.807) is 6.07 Å². The van der Waals surface area contributed by atoms with Gasteiger partial charge in [0.2, 0.25) is 0 Å². The van der Waals surface area contributed by atoms with Crippen LogP contribution in [0, 0.1) is 20.8 Å². The molecule has 1 N–H and O–H groups in total. The third kappa shape index (κ3) is 3.61. The molecule has 110 valence electrons. The standard InChI is InChI=1S/C17H19ClN2O/c1-10-5-6-11(2)14(7-10)13(4)20-17(21)15-9-19-12(3)8-16(15)18/h5-9,13H,1-4H3,(H,20,21). The monoisotopic (exact) mass is 302 g/mol. The second kappa shape index (κ2) is 6.27. The summed E-state index contributed by atoms with van der Waals surface area (Å²) in [6.07, 6.45) is 1.52. The highest BCUT2D eigenvalue weighted by Gasteiger charge is 2.16. The van der Waals surface area contributed by atoms with Gasteiger partial charge in [-0.2, -0.15) is 0 Å². The van der Waals surface area contributed by atoms with Gasteiger partial charge in [-0.15, -0.1) is 0 Å². The summed E-state index contributed by atoms with van der Waals surface area (Å²) >= 11 is 6.11. The van der Waals surface area contributed by atoms with E-state index in [2.05, 4.69) is 28.5 Å². The van der Waals surface area contributed by atoms with Gasteiger partial charge in [-0.05, 0) is 44.9 Å². The summed E-state index contributed by atoms with van der Waals surface area (Å²) < 4.78 is 0. The molecule has 0 saturated heterocycles. The van der Waals surface area contributed by atoms with E-state index in [-0.39, 0.29) is 11.9 Å². The van der Waals surface area contributed by atoms with Crippen LogP contribution in [0.5, 0.6) is 0 Å². The zero-order valence-corrected chi connectivity index (χ0v) is 13.5. The summed E-state index contributed by atoms with van der Waals surface area (Å²) in [7, 11) is 0. The molecule has 3 nitrogen and oxygen atoms in total. The number of rotatable bonds is 3. The number of nitrogens with one attached hydrogen (secondary N) is 1. The van der Waals surface area contributed by atoms with Crippen LogP contribution < -0.4 is 5.32 Å². The number of nitrogens with zero attached hydrogens (tertiary/aromatic N) is 1. The minimum Gasteiger partial charge on any atom is -0.345 e. The van der Waals surface area contributed by atoms with E-state index < -0.39 is 0 Å². The van der Waals surface area contributed by atoms with Crippen molar-refractivity contribution in [2.45, 2.75) is 33.7 Å². The first-order valence-corrected chi connectivity index (χ1v) is 7.26. The number of aryl methyl sites for hydroxylation is 3. The van der Waals surface area contributed by atoms with E-state index in [4.69, 9.17) is 11.6 Å². The normalized spacial score (nSPS) is 12.0. The second-order valence-electron chi connectivity index (χ2n) is 5.36. The number of pyridine rings is 1. The predicted octanol–water partition coefficient (Wildman–Crippen LogP) is 4.15. The van der Waals surface area contributed by atoms with Gasteiger partial charge >= 0.3 is 0 Å². The molecule has 1 atom stereocenters. The van der Waals surface area contributed by atoms with Gasteiger partial charge in [-0.3, -0.25) is 9.78 Å². The van der Waals surface area contributed by atoms with E-state index in [1.807, 2.05) is 27.7 Å². The van der Waals surface area contributed by atoms with Gasteiger partial charge in [0, 0.05) is 11.9 Å². The fourth-order valence-electron chi connectivity index (χ4n) is 2.27. The molecule has 1 unspecified atom stereocenters. The smallest absolute Gasteiger partial charge is 0.254 e. The summed E-state index contributed by atoms with van der Waals surface area (Å²) in [5.41, 5.74) is 4.63. The number of halogens is 1. The molecule has 0 spiro atoms. The van der Waals surface area contributed by atoms with Gasteiger partial charge in [0.25, 0.3) is 5.91 Å². The minimum atomic E-state index is -0.207. The number of amides is 1. The summed E-state index contributed by atoms with van der Waals surface area (Å²) in [6, 6.07) is 7.82. The molecule has 0 fully saturated rings. The molecule has 2 aromatic rings. The lowest BCUT2D eigenvalue weighted by Crippen LogP contribution is -2.27. The van der Waals surface area contributed by atoms with E-state index >= 15 is 0 Å². The van der Waals surface area contributed by atoms with Gasteiger partial charge in [0.05, 0.1) is 16.6 Å². The Bertz CT molecular complexity index is 682. The highest BCUT2D eigenvalue weighted by Crippen LogP contribution is 2.21. The molecule has 0 aliphatic rings. The van der Waals surface area contributed by atoms with Crippen molar-refractivity contribution < 1.29 is 4.79 Å². The van der Waals surface area contributed by atoms with Crippen LogP contribution in [-0.2, 0) is 0 Å². The van der Waals surface area contributed by atoms with Crippen LogP contribution in [0.4, 0.5) is 0 Å². The van der Waals surface area contributed by atoms with Gasteiger partial charge in [0.1, 0.15) is 0 Å². The van der Waals surface area contributed by atoms with E-state index in [1.165, 1.54) is 11.8 Å². The maximum Gasteiger partial charge on any atom is 0.254 e. The molecule has 21 heavy (non-hydrogen) atoms. The molecule has 0 bridgehead atoms. The Kier molecular flexibility index (Phi) is 4.63. The van der Waals surface area contributed by atoms with Crippen LogP contribution in [0.1, 0.15) is 45.7 Å². The van der Waals surface area contributed by atoms with Crippen LogP contribution in [0.2, 0.25) is 5.02 Å². The maximum atomic E-state index is 12.3. The Morgan fingerprint density at radius 1 is 1.24 bits per heavy atom. The zero-order chi connectivity index (χ0) is 15.6. The Morgan fingerprint density at radius 3 is 2.62 bits per heavy atom. The fraction of sp³-hybridized carbons (Fsp3) is 0.294. The van der Waals surface area contributed by atoms with Crippen molar-refractivity contribution in [1.29, 1.82) is 0 Å². The highest BCUT2D eigenvalue weighted by molar-refractivity contribution is 6.33. The SMILES string of the molecule is Cc1ccc(C)c(C(C)NC(=O)c2cnc(C)cc2Cl)c1. The summed E-state index contributed by atoms with van der Waals surface area (Å²) in [5.74, 6) is -0.207. The lowest BCUT2D eigenvalue weighted by atomic mass is 10.00. The summed E-state index contributed by atoms with van der Waals surface area (Å²) in [4.78, 5) is 16.4. The molecule has 1 aromatic carbocycles. The first-order chi connectivity index (χ1) is 9.88. The summed E-state index contributed by atoms with van der Waals surface area (Å²) in [6.45, 7) is 7.89. The molecule has 2 rings (SSSR count). The number of aromatic nitrogens is 1. The van der Waals surface area contributed by atoms with Crippen LogP contribution >= 0.6 is 11.6 Å². The lowest BCUT2D eigenvalue weighted by molar-refractivity contribution is 0.0939. The van der Waals surface area contributed by atoms with Crippen LogP contribution in [0.25, 0.3) is 0 Å². The van der Waals surface area contributed by atoms with Crippen molar-refractivity contribution >= 4 is 17.5 Å². The molecule has 0 aliphatic carbocycles. The molecule has 0 radical (unpaired) electrons. The van der Waals surface area contributed by atoms with Crippen molar-refractivity contribution in [2.24, 2.45) is 0 Å². The zero-order valence-electron chi connectivity index (χ0n) is 12.7. The largest absolute Gasteiger partial charge is 0.345 e. The van der Waals surface area contributed by atoms with Gasteiger partial charge in [-0.1, -0.05) is 35.4 Å². The Morgan fingerprint density at radius 2 is 1.95 bits per heavy atom. The molecule has 0 aliphatic heterocycles. The number of hydrogen-bond donors (Lipinski definition) is 1. The lowest BCUT2D eigenvalue weighted by Gasteiger charge is -2.17. The molecule has 4 heteroatoms. The van der Waals surface area contributed by atoms with Crippen LogP contribution in [-0.4, -0.2) is 10.9 Å². The van der Waals surface area contributed by atoms with E-state index in [0.29, 0.717) is 10.6 Å². The van der Waals surface area contributed by atoms with Crippen molar-refractivity contribution in [2.75, 3.05) is 0 Å². The number of benzene rings is 1. The highest BCUT2D eigenvalue weighted by atomic mass is 35.5. The molecule has 0 saturated carbocycles. The number of carbonyl (C=O) groups excluding carboxylic acids is 1. The minimum absolute atomic E-state index is 0.0882. The molecule has 1 heterocycles. The molecular formula is C17H19ClN2O. The maximum absolute atomic E-state index is 12.3. The first-order valence-electron chi connectivity index (χ1n) is 6.88. The van der Waals surface area contributed by atoms with Crippen molar-refractivity contribution in [3.63, 3.8) is 0 Å². The number of hydrogen-bond acceptors (Lipinski definition) is 2. The van der Waals surface area contributed by atoms with Gasteiger partial charge in [-0.25, -0.2) is 0 Å². The predicted molar refractivity (Wildman–Crippen MR) is 85.8 cm³/mol. The van der Waals surface area contributed by atoms with Gasteiger partial charge in [0.15, 0.2) is 0 Å². The Balaban J connectivity index is 2.20. The molecule has 1 amide bonds. The fourth-order valence-corrected chi connectivity index (χ4v) is 2.56. The number of carbonyl (C=O) groups is 1. The van der Waals surface area contributed by atoms with E-state index in [9.17, 15) is 4.79 Å². The average Bonchev–Trinajstić information content (AvgIpc) is 2.41. The van der Waals surface area contributed by atoms with Gasteiger partial charge < -0.3 is 5.32 Å². The quantitative estimate of drug-likeness (QED) is 0.925. The van der Waals surface area contributed by atoms with Crippen LogP contribution in [0.3, 0.4) is 0 Å².